The predicted molar refractivity (Wildman–Crippen MR) is 61.1 cm³/mol. The van der Waals surface area contributed by atoms with E-state index in [1.54, 1.807) is 13.0 Å². The summed E-state index contributed by atoms with van der Waals surface area (Å²) in [6, 6.07) is 0. The maximum atomic E-state index is 9.20. The minimum atomic E-state index is -0.447. The second-order valence-corrected chi connectivity index (χ2v) is 4.12. The molecule has 16 heavy (non-hydrogen) atoms. The summed E-state index contributed by atoms with van der Waals surface area (Å²) in [5, 5.41) is 9.20. The van der Waals surface area contributed by atoms with E-state index in [1.165, 1.54) is 0 Å². The van der Waals surface area contributed by atoms with Crippen LogP contribution in [0, 0.1) is 0 Å². The maximum Gasteiger partial charge on any atom is 0.177 e. The summed E-state index contributed by atoms with van der Waals surface area (Å²) in [5.74, 6) is 0. The molecule has 0 aliphatic carbocycles. The molecule has 4 atom stereocenters. The highest BCUT2D eigenvalue weighted by Gasteiger charge is 2.31. The number of ether oxygens (including phenoxy) is 3. The molecule has 4 nitrogen and oxygen atoms in total. The second-order valence-electron chi connectivity index (χ2n) is 4.12. The Balaban J connectivity index is 2.40. The van der Waals surface area contributed by atoms with Crippen LogP contribution in [0.2, 0.25) is 0 Å². The minimum absolute atomic E-state index is 0.00968. The largest absolute Gasteiger partial charge is 0.391 e. The zero-order valence-electron chi connectivity index (χ0n) is 10.1. The summed E-state index contributed by atoms with van der Waals surface area (Å²) >= 11 is 0. The van der Waals surface area contributed by atoms with E-state index >= 15 is 0 Å². The van der Waals surface area contributed by atoms with E-state index < -0.39 is 6.10 Å². The molecule has 0 spiro atoms. The van der Waals surface area contributed by atoms with Crippen LogP contribution in [0.25, 0.3) is 0 Å². The molecule has 4 heteroatoms. The Labute approximate surface area is 97.2 Å². The quantitative estimate of drug-likeness (QED) is 0.673. The molecule has 0 aromatic rings. The van der Waals surface area contributed by atoms with Crippen molar-refractivity contribution in [2.24, 2.45) is 0 Å². The number of hydrogen-bond acceptors (Lipinski definition) is 4. The van der Waals surface area contributed by atoms with Crippen LogP contribution in [0.5, 0.6) is 0 Å². The molecular weight excluding hydrogens is 208 g/mol. The van der Waals surface area contributed by atoms with Crippen molar-refractivity contribution in [3.05, 3.63) is 12.7 Å². The summed E-state index contributed by atoms with van der Waals surface area (Å²) in [6.45, 7) is 8.30. The highest BCUT2D eigenvalue weighted by molar-refractivity contribution is 4.82. The molecular formula is C12H22O4. The van der Waals surface area contributed by atoms with Gasteiger partial charge in [-0.2, -0.15) is 0 Å². The average molecular weight is 230 g/mol. The standard InChI is InChI=1S/C12H22O4/c1-4-6-10(14-7-9(3)13)11-8-15-12(5-2)16-11/h5,9-13H,2,4,6-8H2,1,3H3. The highest BCUT2D eigenvalue weighted by atomic mass is 16.7. The number of aliphatic hydroxyl groups is 1. The number of hydrogen-bond donors (Lipinski definition) is 1. The molecule has 94 valence electrons. The fourth-order valence-corrected chi connectivity index (χ4v) is 1.68. The van der Waals surface area contributed by atoms with Gasteiger partial charge >= 0.3 is 0 Å². The van der Waals surface area contributed by atoms with Gasteiger partial charge in [0.1, 0.15) is 6.10 Å². The molecule has 1 aliphatic heterocycles. The summed E-state index contributed by atoms with van der Waals surface area (Å²) in [7, 11) is 0. The van der Waals surface area contributed by atoms with E-state index in [-0.39, 0.29) is 18.5 Å². The molecule has 1 N–H and O–H groups in total. The van der Waals surface area contributed by atoms with E-state index in [4.69, 9.17) is 14.2 Å². The predicted octanol–water partition coefficient (Wildman–Crippen LogP) is 1.48. The lowest BCUT2D eigenvalue weighted by Crippen LogP contribution is -2.33. The Morgan fingerprint density at radius 3 is 2.88 bits per heavy atom. The van der Waals surface area contributed by atoms with Gasteiger partial charge in [0, 0.05) is 0 Å². The first-order valence-corrected chi connectivity index (χ1v) is 5.86. The molecule has 1 heterocycles. The lowest BCUT2D eigenvalue weighted by Gasteiger charge is -2.22. The van der Waals surface area contributed by atoms with Crippen molar-refractivity contribution < 1.29 is 19.3 Å². The summed E-state index contributed by atoms with van der Waals surface area (Å²) in [5.41, 5.74) is 0. The van der Waals surface area contributed by atoms with E-state index in [1.807, 2.05) is 0 Å². The molecule has 0 aromatic heterocycles. The van der Waals surface area contributed by atoms with Crippen LogP contribution in [-0.2, 0) is 14.2 Å². The van der Waals surface area contributed by atoms with Crippen molar-refractivity contribution in [3.8, 4) is 0 Å². The van der Waals surface area contributed by atoms with E-state index in [0.29, 0.717) is 13.2 Å². The first-order valence-electron chi connectivity index (χ1n) is 5.86. The van der Waals surface area contributed by atoms with Crippen LogP contribution in [0.1, 0.15) is 26.7 Å². The van der Waals surface area contributed by atoms with Gasteiger partial charge in [-0.25, -0.2) is 0 Å². The lowest BCUT2D eigenvalue weighted by molar-refractivity contribution is -0.0893. The van der Waals surface area contributed by atoms with Gasteiger partial charge in [-0.15, -0.1) is 0 Å². The molecule has 1 saturated heterocycles. The summed E-state index contributed by atoms with van der Waals surface area (Å²) in [4.78, 5) is 0. The van der Waals surface area contributed by atoms with Gasteiger partial charge in [0.25, 0.3) is 0 Å². The van der Waals surface area contributed by atoms with Crippen molar-refractivity contribution in [1.29, 1.82) is 0 Å². The van der Waals surface area contributed by atoms with Gasteiger partial charge in [-0.1, -0.05) is 19.9 Å². The second kappa shape index (κ2) is 7.01. The molecule has 0 bridgehead atoms. The van der Waals surface area contributed by atoms with Crippen molar-refractivity contribution >= 4 is 0 Å². The third-order valence-corrected chi connectivity index (χ3v) is 2.47. The van der Waals surface area contributed by atoms with Crippen LogP contribution in [0.3, 0.4) is 0 Å². The number of rotatable bonds is 7. The molecule has 0 amide bonds. The first kappa shape index (κ1) is 13.6. The zero-order valence-corrected chi connectivity index (χ0v) is 10.1. The SMILES string of the molecule is C=CC1OCC(C(CCC)OCC(C)O)O1. The molecule has 1 aliphatic rings. The van der Waals surface area contributed by atoms with Crippen LogP contribution >= 0.6 is 0 Å². The lowest BCUT2D eigenvalue weighted by atomic mass is 10.1. The van der Waals surface area contributed by atoms with Crippen molar-refractivity contribution in [2.45, 2.75) is 51.3 Å². The van der Waals surface area contributed by atoms with Gasteiger partial charge in [-0.3, -0.25) is 0 Å². The summed E-state index contributed by atoms with van der Waals surface area (Å²) in [6.07, 6.45) is 2.73. The fraction of sp³-hybridized carbons (Fsp3) is 0.833. The zero-order chi connectivity index (χ0) is 12.0. The monoisotopic (exact) mass is 230 g/mol. The molecule has 1 rings (SSSR count). The Morgan fingerprint density at radius 2 is 2.38 bits per heavy atom. The number of aliphatic hydroxyl groups excluding tert-OH is 1. The van der Waals surface area contributed by atoms with Gasteiger partial charge < -0.3 is 19.3 Å². The highest BCUT2D eigenvalue weighted by Crippen LogP contribution is 2.20. The average Bonchev–Trinajstić information content (AvgIpc) is 2.72. The van der Waals surface area contributed by atoms with Gasteiger partial charge in [0.2, 0.25) is 0 Å². The summed E-state index contributed by atoms with van der Waals surface area (Å²) < 4.78 is 16.6. The van der Waals surface area contributed by atoms with E-state index in [2.05, 4.69) is 13.5 Å². The van der Waals surface area contributed by atoms with Crippen molar-refractivity contribution in [1.82, 2.24) is 0 Å². The first-order chi connectivity index (χ1) is 7.67. The molecule has 0 radical (unpaired) electrons. The fourth-order valence-electron chi connectivity index (χ4n) is 1.68. The van der Waals surface area contributed by atoms with Gasteiger partial charge in [0.15, 0.2) is 6.29 Å². The van der Waals surface area contributed by atoms with Crippen LogP contribution < -0.4 is 0 Å². The topological polar surface area (TPSA) is 47.9 Å². The Kier molecular flexibility index (Phi) is 5.98. The Bertz CT molecular complexity index is 205. The Morgan fingerprint density at radius 1 is 1.62 bits per heavy atom. The van der Waals surface area contributed by atoms with E-state index in [9.17, 15) is 5.11 Å². The van der Waals surface area contributed by atoms with Crippen molar-refractivity contribution in [2.75, 3.05) is 13.2 Å². The third kappa shape index (κ3) is 4.22. The van der Waals surface area contributed by atoms with Crippen molar-refractivity contribution in [3.63, 3.8) is 0 Å². The molecule has 0 saturated carbocycles. The van der Waals surface area contributed by atoms with E-state index in [0.717, 1.165) is 12.8 Å². The van der Waals surface area contributed by atoms with Crippen LogP contribution in [-0.4, -0.2) is 42.9 Å². The smallest absolute Gasteiger partial charge is 0.177 e. The van der Waals surface area contributed by atoms with Gasteiger partial charge in [0.05, 0.1) is 25.4 Å². The van der Waals surface area contributed by atoms with Gasteiger partial charge in [-0.05, 0) is 19.4 Å². The minimum Gasteiger partial charge on any atom is -0.391 e. The molecule has 4 unspecified atom stereocenters. The normalized spacial score (nSPS) is 28.9. The maximum absolute atomic E-state index is 9.20. The molecule has 0 aromatic carbocycles. The van der Waals surface area contributed by atoms with Crippen LogP contribution in [0.15, 0.2) is 12.7 Å². The van der Waals surface area contributed by atoms with Crippen LogP contribution in [0.4, 0.5) is 0 Å². The third-order valence-electron chi connectivity index (χ3n) is 2.47. The Hall–Kier alpha value is -0.420. The molecule has 1 fully saturated rings.